The standard InChI is InChI=1S/C6H14O3/c1-6(2,4-8)5(9)3-7/h5,7-9H,3-4H2,1-2H3. The zero-order valence-corrected chi connectivity index (χ0v) is 5.83. The molecule has 0 aromatic rings. The van der Waals surface area contributed by atoms with Crippen molar-refractivity contribution in [3.8, 4) is 0 Å². The van der Waals surface area contributed by atoms with Crippen molar-refractivity contribution in [1.82, 2.24) is 0 Å². The van der Waals surface area contributed by atoms with E-state index in [2.05, 4.69) is 0 Å². The zero-order valence-electron chi connectivity index (χ0n) is 5.83. The third-order valence-corrected chi connectivity index (χ3v) is 1.48. The Morgan fingerprint density at radius 3 is 1.89 bits per heavy atom. The summed E-state index contributed by atoms with van der Waals surface area (Å²) in [5, 5.41) is 26.0. The van der Waals surface area contributed by atoms with E-state index in [1.54, 1.807) is 13.8 Å². The van der Waals surface area contributed by atoms with Crippen molar-refractivity contribution in [3.63, 3.8) is 0 Å². The molecule has 0 aliphatic heterocycles. The summed E-state index contributed by atoms with van der Waals surface area (Å²) in [5.41, 5.74) is -0.589. The summed E-state index contributed by atoms with van der Waals surface area (Å²) >= 11 is 0. The fourth-order valence-corrected chi connectivity index (χ4v) is 0.352. The second-order valence-corrected chi connectivity index (χ2v) is 2.85. The van der Waals surface area contributed by atoms with Gasteiger partial charge in [-0.05, 0) is 0 Å². The smallest absolute Gasteiger partial charge is 0.0843 e. The lowest BCUT2D eigenvalue weighted by Crippen LogP contribution is -2.35. The predicted molar refractivity (Wildman–Crippen MR) is 34.0 cm³/mol. The van der Waals surface area contributed by atoms with Gasteiger partial charge in [0.1, 0.15) is 0 Å². The molecular weight excluding hydrogens is 120 g/mol. The minimum atomic E-state index is -0.831. The summed E-state index contributed by atoms with van der Waals surface area (Å²) in [7, 11) is 0. The van der Waals surface area contributed by atoms with Crippen LogP contribution in [0.4, 0.5) is 0 Å². The maximum Gasteiger partial charge on any atom is 0.0843 e. The second kappa shape index (κ2) is 3.15. The molecule has 0 bridgehead atoms. The summed E-state index contributed by atoms with van der Waals surface area (Å²) in [6, 6.07) is 0. The monoisotopic (exact) mass is 134 g/mol. The first-order chi connectivity index (χ1) is 4.04. The van der Waals surface area contributed by atoms with E-state index in [1.165, 1.54) is 0 Å². The van der Waals surface area contributed by atoms with Crippen molar-refractivity contribution in [3.05, 3.63) is 0 Å². The number of hydrogen-bond acceptors (Lipinski definition) is 3. The van der Waals surface area contributed by atoms with E-state index in [0.717, 1.165) is 0 Å². The van der Waals surface area contributed by atoms with Gasteiger partial charge in [-0.15, -0.1) is 0 Å². The highest BCUT2D eigenvalue weighted by atomic mass is 16.3. The lowest BCUT2D eigenvalue weighted by atomic mass is 9.88. The predicted octanol–water partition coefficient (Wildman–Crippen LogP) is -0.642. The molecule has 0 rings (SSSR count). The Hall–Kier alpha value is -0.120. The molecule has 0 aromatic heterocycles. The number of aliphatic hydroxyl groups excluding tert-OH is 3. The van der Waals surface area contributed by atoms with Gasteiger partial charge in [0.05, 0.1) is 19.3 Å². The zero-order chi connectivity index (χ0) is 7.49. The lowest BCUT2D eigenvalue weighted by Gasteiger charge is -2.26. The first-order valence-electron chi connectivity index (χ1n) is 2.94. The molecule has 0 saturated carbocycles. The maximum absolute atomic E-state index is 8.98. The Kier molecular flexibility index (Phi) is 3.11. The quantitative estimate of drug-likeness (QED) is 0.481. The van der Waals surface area contributed by atoms with Crippen LogP contribution in [0.25, 0.3) is 0 Å². The molecule has 0 radical (unpaired) electrons. The van der Waals surface area contributed by atoms with Crippen molar-refractivity contribution in [2.24, 2.45) is 5.41 Å². The minimum Gasteiger partial charge on any atom is -0.396 e. The SMILES string of the molecule is CC(C)(CO)C(O)CO. The molecule has 0 aromatic carbocycles. The van der Waals surface area contributed by atoms with E-state index in [-0.39, 0.29) is 13.2 Å². The summed E-state index contributed by atoms with van der Waals surface area (Å²) < 4.78 is 0. The fourth-order valence-electron chi connectivity index (χ4n) is 0.352. The molecule has 9 heavy (non-hydrogen) atoms. The molecule has 3 N–H and O–H groups in total. The first-order valence-corrected chi connectivity index (χ1v) is 2.94. The van der Waals surface area contributed by atoms with E-state index in [4.69, 9.17) is 15.3 Å². The van der Waals surface area contributed by atoms with Gasteiger partial charge in [0.15, 0.2) is 0 Å². The second-order valence-electron chi connectivity index (χ2n) is 2.85. The Morgan fingerprint density at radius 1 is 1.33 bits per heavy atom. The summed E-state index contributed by atoms with van der Waals surface area (Å²) in [5.74, 6) is 0. The number of hydrogen-bond donors (Lipinski definition) is 3. The van der Waals surface area contributed by atoms with Crippen LogP contribution < -0.4 is 0 Å². The molecule has 1 unspecified atom stereocenters. The van der Waals surface area contributed by atoms with Crippen LogP contribution in [0.15, 0.2) is 0 Å². The van der Waals surface area contributed by atoms with Crippen LogP contribution in [0.3, 0.4) is 0 Å². The Balaban J connectivity index is 3.80. The van der Waals surface area contributed by atoms with Crippen LogP contribution in [-0.2, 0) is 0 Å². The third-order valence-electron chi connectivity index (χ3n) is 1.48. The number of rotatable bonds is 3. The molecule has 0 amide bonds. The van der Waals surface area contributed by atoms with Gasteiger partial charge in [-0.25, -0.2) is 0 Å². The van der Waals surface area contributed by atoms with Crippen molar-refractivity contribution < 1.29 is 15.3 Å². The van der Waals surface area contributed by atoms with Gasteiger partial charge in [0.25, 0.3) is 0 Å². The molecule has 0 saturated heterocycles. The molecular formula is C6H14O3. The van der Waals surface area contributed by atoms with Gasteiger partial charge < -0.3 is 15.3 Å². The largest absolute Gasteiger partial charge is 0.396 e. The highest BCUT2D eigenvalue weighted by Gasteiger charge is 2.25. The minimum absolute atomic E-state index is 0.116. The lowest BCUT2D eigenvalue weighted by molar-refractivity contribution is -0.0254. The van der Waals surface area contributed by atoms with Gasteiger partial charge in [-0.3, -0.25) is 0 Å². The molecule has 0 fully saturated rings. The molecule has 1 atom stereocenters. The topological polar surface area (TPSA) is 60.7 Å². The molecule has 0 spiro atoms. The van der Waals surface area contributed by atoms with E-state index in [1.807, 2.05) is 0 Å². The van der Waals surface area contributed by atoms with Gasteiger partial charge in [-0.1, -0.05) is 13.8 Å². The highest BCUT2D eigenvalue weighted by Crippen LogP contribution is 2.18. The normalized spacial score (nSPS) is 15.7. The molecule has 0 aliphatic carbocycles. The van der Waals surface area contributed by atoms with E-state index in [0.29, 0.717) is 0 Å². The van der Waals surface area contributed by atoms with Gasteiger partial charge in [0.2, 0.25) is 0 Å². The van der Waals surface area contributed by atoms with Gasteiger partial charge in [-0.2, -0.15) is 0 Å². The van der Waals surface area contributed by atoms with Crippen LogP contribution in [0.5, 0.6) is 0 Å². The summed E-state index contributed by atoms with van der Waals surface area (Å²) in [6.07, 6.45) is -0.831. The maximum atomic E-state index is 8.98. The van der Waals surface area contributed by atoms with Gasteiger partial charge >= 0.3 is 0 Å². The summed E-state index contributed by atoms with van der Waals surface area (Å²) in [6.45, 7) is 2.96. The average Bonchev–Trinajstić information content (AvgIpc) is 1.86. The van der Waals surface area contributed by atoms with Crippen LogP contribution in [0.1, 0.15) is 13.8 Å². The van der Waals surface area contributed by atoms with Crippen molar-refractivity contribution in [2.75, 3.05) is 13.2 Å². The fraction of sp³-hybridized carbons (Fsp3) is 1.00. The van der Waals surface area contributed by atoms with Gasteiger partial charge in [0, 0.05) is 5.41 Å². The van der Waals surface area contributed by atoms with E-state index in [9.17, 15) is 0 Å². The van der Waals surface area contributed by atoms with E-state index < -0.39 is 11.5 Å². The molecule has 56 valence electrons. The average molecular weight is 134 g/mol. The molecule has 3 nitrogen and oxygen atoms in total. The highest BCUT2D eigenvalue weighted by molar-refractivity contribution is 4.75. The van der Waals surface area contributed by atoms with Crippen LogP contribution in [0.2, 0.25) is 0 Å². The van der Waals surface area contributed by atoms with Crippen LogP contribution in [0, 0.1) is 5.41 Å². The molecule has 3 heteroatoms. The van der Waals surface area contributed by atoms with E-state index >= 15 is 0 Å². The Labute approximate surface area is 54.9 Å². The first kappa shape index (κ1) is 8.88. The Bertz CT molecular complexity index is 80.4. The van der Waals surface area contributed by atoms with Crippen molar-refractivity contribution in [2.45, 2.75) is 20.0 Å². The molecule has 0 heterocycles. The Morgan fingerprint density at radius 2 is 1.78 bits per heavy atom. The summed E-state index contributed by atoms with van der Waals surface area (Å²) in [4.78, 5) is 0. The van der Waals surface area contributed by atoms with Crippen molar-refractivity contribution in [1.29, 1.82) is 0 Å². The molecule has 0 aliphatic rings. The third kappa shape index (κ3) is 2.30. The van der Waals surface area contributed by atoms with Crippen LogP contribution in [-0.4, -0.2) is 34.6 Å². The van der Waals surface area contributed by atoms with Crippen LogP contribution >= 0.6 is 0 Å². The number of aliphatic hydroxyl groups is 3. The van der Waals surface area contributed by atoms with Crippen molar-refractivity contribution >= 4 is 0 Å².